The predicted molar refractivity (Wildman–Crippen MR) is 98.1 cm³/mol. The Morgan fingerprint density at radius 1 is 1.08 bits per heavy atom. The predicted octanol–water partition coefficient (Wildman–Crippen LogP) is 3.74. The van der Waals surface area contributed by atoms with Crippen molar-refractivity contribution < 1.29 is 23.4 Å². The van der Waals surface area contributed by atoms with E-state index in [9.17, 15) is 9.18 Å². The molecule has 0 bridgehead atoms. The second kappa shape index (κ2) is 8.89. The van der Waals surface area contributed by atoms with Crippen LogP contribution in [0.15, 0.2) is 42.5 Å². The Morgan fingerprint density at radius 2 is 1.81 bits per heavy atom. The summed E-state index contributed by atoms with van der Waals surface area (Å²) in [4.78, 5) is 12.2. The Kier molecular flexibility index (Phi) is 6.60. The van der Waals surface area contributed by atoms with Gasteiger partial charge in [0, 0.05) is 11.6 Å². The first-order chi connectivity index (χ1) is 12.5. The van der Waals surface area contributed by atoms with Crippen LogP contribution >= 0.6 is 0 Å². The van der Waals surface area contributed by atoms with Crippen molar-refractivity contribution in [2.75, 3.05) is 21.3 Å². The van der Waals surface area contributed by atoms with Crippen LogP contribution in [-0.4, -0.2) is 27.2 Å². The third kappa shape index (κ3) is 4.53. The van der Waals surface area contributed by atoms with Gasteiger partial charge < -0.3 is 19.5 Å². The maximum absolute atomic E-state index is 13.8. The second-order valence-corrected chi connectivity index (χ2v) is 5.54. The molecule has 0 aliphatic heterocycles. The standard InChI is InChI=1S/C20H22FNO4/c1-13(15-8-10-17(24-2)16(21)12-15)22-19(23)11-9-14-6-5-7-18(25-3)20(14)26-4/h5-13H,1-4H3,(H,22,23)/b11-9+. The third-order valence-electron chi connectivity index (χ3n) is 3.88. The highest BCUT2D eigenvalue weighted by atomic mass is 19.1. The Hall–Kier alpha value is -3.02. The number of rotatable bonds is 7. The van der Waals surface area contributed by atoms with Crippen molar-refractivity contribution in [2.24, 2.45) is 0 Å². The molecule has 0 aromatic heterocycles. The summed E-state index contributed by atoms with van der Waals surface area (Å²) in [5, 5.41) is 2.79. The van der Waals surface area contributed by atoms with E-state index in [1.54, 1.807) is 32.2 Å². The third-order valence-corrected chi connectivity index (χ3v) is 3.88. The largest absolute Gasteiger partial charge is 0.494 e. The van der Waals surface area contributed by atoms with Crippen molar-refractivity contribution in [1.29, 1.82) is 0 Å². The smallest absolute Gasteiger partial charge is 0.244 e. The van der Waals surface area contributed by atoms with Crippen molar-refractivity contribution in [3.8, 4) is 17.2 Å². The highest BCUT2D eigenvalue weighted by Crippen LogP contribution is 2.31. The fourth-order valence-corrected chi connectivity index (χ4v) is 2.51. The van der Waals surface area contributed by atoms with Crippen molar-refractivity contribution in [1.82, 2.24) is 5.32 Å². The van der Waals surface area contributed by atoms with Gasteiger partial charge in [-0.1, -0.05) is 18.2 Å². The molecule has 0 saturated carbocycles. The number of amides is 1. The lowest BCUT2D eigenvalue weighted by atomic mass is 10.1. The Balaban J connectivity index is 2.09. The van der Waals surface area contributed by atoms with Gasteiger partial charge in [0.15, 0.2) is 23.1 Å². The van der Waals surface area contributed by atoms with Gasteiger partial charge in [0.1, 0.15) is 0 Å². The van der Waals surface area contributed by atoms with E-state index in [0.717, 1.165) is 0 Å². The van der Waals surface area contributed by atoms with E-state index in [1.807, 2.05) is 12.1 Å². The van der Waals surface area contributed by atoms with Crippen molar-refractivity contribution in [2.45, 2.75) is 13.0 Å². The molecule has 0 fully saturated rings. The van der Waals surface area contributed by atoms with Crippen LogP contribution in [0.25, 0.3) is 6.08 Å². The number of ether oxygens (including phenoxy) is 3. The number of hydrogen-bond donors (Lipinski definition) is 1. The molecule has 1 amide bonds. The Bertz CT molecular complexity index is 804. The van der Waals surface area contributed by atoms with E-state index in [-0.39, 0.29) is 17.7 Å². The molecule has 138 valence electrons. The zero-order valence-corrected chi connectivity index (χ0v) is 15.2. The average molecular weight is 359 g/mol. The van der Waals surface area contributed by atoms with E-state index >= 15 is 0 Å². The van der Waals surface area contributed by atoms with E-state index in [4.69, 9.17) is 14.2 Å². The van der Waals surface area contributed by atoms with E-state index in [0.29, 0.717) is 22.6 Å². The normalized spacial score (nSPS) is 11.9. The minimum absolute atomic E-state index is 0.164. The lowest BCUT2D eigenvalue weighted by Crippen LogP contribution is -2.24. The summed E-state index contributed by atoms with van der Waals surface area (Å²) in [6.45, 7) is 1.78. The first-order valence-electron chi connectivity index (χ1n) is 8.03. The Labute approximate surface area is 152 Å². The maximum Gasteiger partial charge on any atom is 0.244 e. The van der Waals surface area contributed by atoms with Gasteiger partial charge in [-0.15, -0.1) is 0 Å². The number of nitrogens with one attached hydrogen (secondary N) is 1. The van der Waals surface area contributed by atoms with Crippen LogP contribution in [0.3, 0.4) is 0 Å². The van der Waals surface area contributed by atoms with Crippen LogP contribution in [0, 0.1) is 5.82 Å². The van der Waals surface area contributed by atoms with Crippen molar-refractivity contribution in [3.05, 3.63) is 59.4 Å². The molecule has 6 heteroatoms. The summed E-state index contributed by atoms with van der Waals surface area (Å²) in [5.74, 6) is 0.514. The summed E-state index contributed by atoms with van der Waals surface area (Å²) in [5.41, 5.74) is 1.36. The highest BCUT2D eigenvalue weighted by molar-refractivity contribution is 5.92. The number of para-hydroxylation sites is 1. The number of carbonyl (C=O) groups excluding carboxylic acids is 1. The summed E-state index contributed by atoms with van der Waals surface area (Å²) in [6.07, 6.45) is 3.03. The summed E-state index contributed by atoms with van der Waals surface area (Å²) >= 11 is 0. The zero-order valence-electron chi connectivity index (χ0n) is 15.2. The molecule has 0 radical (unpaired) electrons. The molecule has 26 heavy (non-hydrogen) atoms. The average Bonchev–Trinajstić information content (AvgIpc) is 2.65. The highest BCUT2D eigenvalue weighted by Gasteiger charge is 2.12. The molecule has 0 aliphatic carbocycles. The minimum Gasteiger partial charge on any atom is -0.494 e. The number of methoxy groups -OCH3 is 3. The topological polar surface area (TPSA) is 56.8 Å². The van der Waals surface area contributed by atoms with Gasteiger partial charge in [-0.2, -0.15) is 0 Å². The van der Waals surface area contributed by atoms with E-state index in [1.165, 1.54) is 32.4 Å². The monoisotopic (exact) mass is 359 g/mol. The fourth-order valence-electron chi connectivity index (χ4n) is 2.51. The van der Waals surface area contributed by atoms with Gasteiger partial charge in [0.25, 0.3) is 0 Å². The first-order valence-corrected chi connectivity index (χ1v) is 8.03. The molecule has 1 atom stereocenters. The number of halogens is 1. The number of benzene rings is 2. The van der Waals surface area contributed by atoms with Gasteiger partial charge in [-0.05, 0) is 36.8 Å². The molecule has 1 N–H and O–H groups in total. The summed E-state index contributed by atoms with van der Waals surface area (Å²) in [7, 11) is 4.49. The quantitative estimate of drug-likeness (QED) is 0.765. The first kappa shape index (κ1) is 19.3. The molecule has 0 heterocycles. The molecular formula is C20H22FNO4. The SMILES string of the molecule is COc1ccc(C(C)NC(=O)/C=C/c2cccc(OC)c2OC)cc1F. The number of hydrogen-bond acceptors (Lipinski definition) is 4. The van der Waals surface area contributed by atoms with E-state index < -0.39 is 5.82 Å². The molecule has 0 spiro atoms. The van der Waals surface area contributed by atoms with Crippen LogP contribution < -0.4 is 19.5 Å². The molecule has 5 nitrogen and oxygen atoms in total. The second-order valence-electron chi connectivity index (χ2n) is 5.54. The van der Waals surface area contributed by atoms with Gasteiger partial charge in [-0.25, -0.2) is 4.39 Å². The summed E-state index contributed by atoms with van der Waals surface area (Å²) in [6, 6.07) is 9.62. The minimum atomic E-state index is -0.470. The number of carbonyl (C=O) groups is 1. The van der Waals surface area contributed by atoms with Crippen molar-refractivity contribution >= 4 is 12.0 Å². The van der Waals surface area contributed by atoms with Crippen LogP contribution in [0.1, 0.15) is 24.1 Å². The van der Waals surface area contributed by atoms with Gasteiger partial charge >= 0.3 is 0 Å². The van der Waals surface area contributed by atoms with Gasteiger partial charge in [0.2, 0.25) is 5.91 Å². The lowest BCUT2D eigenvalue weighted by molar-refractivity contribution is -0.117. The Morgan fingerprint density at radius 3 is 2.42 bits per heavy atom. The maximum atomic E-state index is 13.8. The summed E-state index contributed by atoms with van der Waals surface area (Å²) < 4.78 is 29.2. The zero-order chi connectivity index (χ0) is 19.1. The van der Waals surface area contributed by atoms with Crippen molar-refractivity contribution in [3.63, 3.8) is 0 Å². The molecule has 2 aromatic rings. The molecule has 2 rings (SSSR count). The van der Waals surface area contributed by atoms with Gasteiger partial charge in [-0.3, -0.25) is 4.79 Å². The van der Waals surface area contributed by atoms with Gasteiger partial charge in [0.05, 0.1) is 27.4 Å². The van der Waals surface area contributed by atoms with Crippen LogP contribution in [-0.2, 0) is 4.79 Å². The fraction of sp³-hybridized carbons (Fsp3) is 0.250. The lowest BCUT2D eigenvalue weighted by Gasteiger charge is -2.14. The molecule has 0 aliphatic rings. The molecular weight excluding hydrogens is 337 g/mol. The molecule has 0 saturated heterocycles. The van der Waals surface area contributed by atoms with Crippen LogP contribution in [0.2, 0.25) is 0 Å². The molecule has 1 unspecified atom stereocenters. The van der Waals surface area contributed by atoms with Crippen LogP contribution in [0.5, 0.6) is 17.2 Å². The van der Waals surface area contributed by atoms with Crippen LogP contribution in [0.4, 0.5) is 4.39 Å². The van der Waals surface area contributed by atoms with E-state index in [2.05, 4.69) is 5.32 Å². The molecule has 2 aromatic carbocycles.